The summed E-state index contributed by atoms with van der Waals surface area (Å²) >= 11 is 5.79. The largest absolute Gasteiger partial charge is 0.506 e. The molecule has 0 saturated heterocycles. The van der Waals surface area contributed by atoms with E-state index in [4.69, 9.17) is 11.6 Å². The van der Waals surface area contributed by atoms with Crippen LogP contribution < -0.4 is 0 Å². The average molecular weight is 252 g/mol. The first-order valence-corrected chi connectivity index (χ1v) is 5.91. The van der Waals surface area contributed by atoms with Crippen molar-refractivity contribution in [3.05, 3.63) is 41.4 Å². The second-order valence-corrected chi connectivity index (χ2v) is 4.55. The molecule has 1 aromatic carbocycles. The Labute approximate surface area is 105 Å². The van der Waals surface area contributed by atoms with Gasteiger partial charge in [0.15, 0.2) is 0 Å². The Morgan fingerprint density at radius 2 is 2.29 bits per heavy atom. The van der Waals surface area contributed by atoms with Crippen molar-refractivity contribution in [2.24, 2.45) is 0 Å². The molecule has 0 atom stereocenters. The number of carbonyl (C=O) groups excluding carboxylic acids is 1. The fourth-order valence-corrected chi connectivity index (χ4v) is 1.91. The van der Waals surface area contributed by atoms with Gasteiger partial charge in [0.05, 0.1) is 5.02 Å². The van der Waals surface area contributed by atoms with Crippen LogP contribution in [0.1, 0.15) is 23.2 Å². The highest BCUT2D eigenvalue weighted by Gasteiger charge is 2.32. The summed E-state index contributed by atoms with van der Waals surface area (Å²) in [6, 6.07) is 4.85. The Balaban J connectivity index is 2.21. The van der Waals surface area contributed by atoms with E-state index in [9.17, 15) is 9.90 Å². The van der Waals surface area contributed by atoms with E-state index < -0.39 is 0 Å². The minimum absolute atomic E-state index is 0.00934. The standard InChI is InChI=1S/C13H14ClNO2/c1-2-7-15(10-4-5-10)13(17)9-3-6-12(16)11(14)8-9/h2-3,6,8,10,16H,1,4-5,7H2. The van der Waals surface area contributed by atoms with Gasteiger partial charge in [-0.3, -0.25) is 4.79 Å². The lowest BCUT2D eigenvalue weighted by Crippen LogP contribution is -2.33. The maximum atomic E-state index is 12.2. The summed E-state index contributed by atoms with van der Waals surface area (Å²) in [6.45, 7) is 4.20. The van der Waals surface area contributed by atoms with Gasteiger partial charge in [0.1, 0.15) is 5.75 Å². The molecule has 1 fully saturated rings. The highest BCUT2D eigenvalue weighted by atomic mass is 35.5. The number of rotatable bonds is 4. The lowest BCUT2D eigenvalue weighted by molar-refractivity contribution is 0.0762. The van der Waals surface area contributed by atoms with Crippen LogP contribution in [0.5, 0.6) is 5.75 Å². The maximum Gasteiger partial charge on any atom is 0.254 e. The van der Waals surface area contributed by atoms with Gasteiger partial charge in [-0.2, -0.15) is 0 Å². The molecule has 0 unspecified atom stereocenters. The molecule has 0 heterocycles. The highest BCUT2D eigenvalue weighted by molar-refractivity contribution is 6.32. The number of hydrogen-bond acceptors (Lipinski definition) is 2. The Hall–Kier alpha value is -1.48. The van der Waals surface area contributed by atoms with E-state index in [0.29, 0.717) is 18.2 Å². The molecule has 4 heteroatoms. The number of phenolic OH excluding ortho intramolecular Hbond substituents is 1. The van der Waals surface area contributed by atoms with Gasteiger partial charge in [0.25, 0.3) is 5.91 Å². The molecule has 90 valence electrons. The van der Waals surface area contributed by atoms with Crippen LogP contribution in [0.3, 0.4) is 0 Å². The van der Waals surface area contributed by atoms with Gasteiger partial charge in [-0.05, 0) is 31.0 Å². The second-order valence-electron chi connectivity index (χ2n) is 4.14. The lowest BCUT2D eigenvalue weighted by atomic mass is 10.2. The Bertz CT molecular complexity index is 455. The van der Waals surface area contributed by atoms with E-state index >= 15 is 0 Å². The van der Waals surface area contributed by atoms with Crippen molar-refractivity contribution in [2.75, 3.05) is 6.54 Å². The Kier molecular flexibility index (Phi) is 3.38. The molecular weight excluding hydrogens is 238 g/mol. The van der Waals surface area contributed by atoms with Crippen molar-refractivity contribution < 1.29 is 9.90 Å². The van der Waals surface area contributed by atoms with E-state index in [-0.39, 0.29) is 16.7 Å². The molecule has 2 rings (SSSR count). The zero-order chi connectivity index (χ0) is 12.4. The van der Waals surface area contributed by atoms with Crippen molar-refractivity contribution in [1.82, 2.24) is 4.90 Å². The SMILES string of the molecule is C=CCN(C(=O)c1ccc(O)c(Cl)c1)C1CC1. The number of phenols is 1. The number of aromatic hydroxyl groups is 1. The summed E-state index contributed by atoms with van der Waals surface area (Å²) < 4.78 is 0. The van der Waals surface area contributed by atoms with E-state index in [1.807, 2.05) is 0 Å². The van der Waals surface area contributed by atoms with Gasteiger partial charge in [0, 0.05) is 18.2 Å². The quantitative estimate of drug-likeness (QED) is 0.836. The molecule has 0 aliphatic heterocycles. The number of nitrogens with zero attached hydrogens (tertiary/aromatic N) is 1. The van der Waals surface area contributed by atoms with E-state index in [2.05, 4.69) is 6.58 Å². The van der Waals surface area contributed by atoms with Gasteiger partial charge in [-0.15, -0.1) is 6.58 Å². The Morgan fingerprint density at radius 1 is 1.59 bits per heavy atom. The van der Waals surface area contributed by atoms with Crippen molar-refractivity contribution in [1.29, 1.82) is 0 Å². The van der Waals surface area contributed by atoms with Crippen LogP contribution in [-0.4, -0.2) is 28.5 Å². The van der Waals surface area contributed by atoms with E-state index in [0.717, 1.165) is 12.8 Å². The molecule has 0 bridgehead atoms. The van der Waals surface area contributed by atoms with E-state index in [1.165, 1.54) is 12.1 Å². The van der Waals surface area contributed by atoms with Crippen LogP contribution in [-0.2, 0) is 0 Å². The van der Waals surface area contributed by atoms with Crippen LogP contribution in [0.2, 0.25) is 5.02 Å². The van der Waals surface area contributed by atoms with Crippen LogP contribution in [0.25, 0.3) is 0 Å². The van der Waals surface area contributed by atoms with Gasteiger partial charge < -0.3 is 10.0 Å². The highest BCUT2D eigenvalue weighted by Crippen LogP contribution is 2.30. The van der Waals surface area contributed by atoms with Gasteiger partial charge in [0.2, 0.25) is 0 Å². The molecule has 0 spiro atoms. The molecule has 1 saturated carbocycles. The van der Waals surface area contributed by atoms with Crippen molar-refractivity contribution in [3.63, 3.8) is 0 Å². The topological polar surface area (TPSA) is 40.5 Å². The predicted molar refractivity (Wildman–Crippen MR) is 67.4 cm³/mol. The molecule has 1 amide bonds. The van der Waals surface area contributed by atoms with Crippen LogP contribution in [0.15, 0.2) is 30.9 Å². The zero-order valence-electron chi connectivity index (χ0n) is 9.40. The van der Waals surface area contributed by atoms with Crippen LogP contribution in [0, 0.1) is 0 Å². The predicted octanol–water partition coefficient (Wildman–Crippen LogP) is 2.84. The third-order valence-corrected chi connectivity index (χ3v) is 3.07. The zero-order valence-corrected chi connectivity index (χ0v) is 10.2. The van der Waals surface area contributed by atoms with E-state index in [1.54, 1.807) is 17.0 Å². The summed E-state index contributed by atoms with van der Waals surface area (Å²) in [6.07, 6.45) is 3.81. The average Bonchev–Trinajstić information content (AvgIpc) is 3.13. The minimum atomic E-state index is -0.0608. The second kappa shape index (κ2) is 4.80. The number of amides is 1. The lowest BCUT2D eigenvalue weighted by Gasteiger charge is -2.20. The van der Waals surface area contributed by atoms with Crippen molar-refractivity contribution in [3.8, 4) is 5.75 Å². The Morgan fingerprint density at radius 3 is 2.82 bits per heavy atom. The minimum Gasteiger partial charge on any atom is -0.506 e. The van der Waals surface area contributed by atoms with Crippen LogP contribution in [0.4, 0.5) is 0 Å². The third kappa shape index (κ3) is 2.61. The molecule has 1 aromatic rings. The summed E-state index contributed by atoms with van der Waals surface area (Å²) in [7, 11) is 0. The first kappa shape index (κ1) is 12.0. The number of halogens is 1. The van der Waals surface area contributed by atoms with Gasteiger partial charge in [-0.25, -0.2) is 0 Å². The van der Waals surface area contributed by atoms with Gasteiger partial charge >= 0.3 is 0 Å². The fourth-order valence-electron chi connectivity index (χ4n) is 1.73. The summed E-state index contributed by atoms with van der Waals surface area (Å²) in [5.74, 6) is -0.0702. The molecule has 0 radical (unpaired) electrons. The molecule has 17 heavy (non-hydrogen) atoms. The molecule has 1 aliphatic rings. The monoisotopic (exact) mass is 251 g/mol. The molecule has 3 nitrogen and oxygen atoms in total. The summed E-state index contributed by atoms with van der Waals surface area (Å²) in [5, 5.41) is 9.52. The maximum absolute atomic E-state index is 12.2. The molecule has 1 aliphatic carbocycles. The molecular formula is C13H14ClNO2. The van der Waals surface area contributed by atoms with Crippen molar-refractivity contribution in [2.45, 2.75) is 18.9 Å². The number of hydrogen-bond donors (Lipinski definition) is 1. The third-order valence-electron chi connectivity index (χ3n) is 2.77. The summed E-state index contributed by atoms with van der Waals surface area (Å²) in [4.78, 5) is 14.0. The van der Waals surface area contributed by atoms with Crippen LogP contribution >= 0.6 is 11.6 Å². The molecule has 1 N–H and O–H groups in total. The van der Waals surface area contributed by atoms with Gasteiger partial charge in [-0.1, -0.05) is 17.7 Å². The fraction of sp³-hybridized carbons (Fsp3) is 0.308. The number of carbonyl (C=O) groups is 1. The first-order valence-electron chi connectivity index (χ1n) is 5.54. The van der Waals surface area contributed by atoms with Crippen molar-refractivity contribution >= 4 is 17.5 Å². The smallest absolute Gasteiger partial charge is 0.254 e. The molecule has 0 aromatic heterocycles. The normalized spacial score (nSPS) is 14.4. The number of benzene rings is 1. The summed E-state index contributed by atoms with van der Waals surface area (Å²) in [5.41, 5.74) is 0.501. The first-order chi connectivity index (χ1) is 8.13.